The molecule has 1 rings (SSSR count). The Morgan fingerprint density at radius 1 is 1.36 bits per heavy atom. The minimum atomic E-state index is -0.395. The largest absolute Gasteiger partial charge is 0.269 e. The van der Waals surface area contributed by atoms with Crippen molar-refractivity contribution in [1.29, 1.82) is 0 Å². The Bertz CT molecular complexity index is 274. The van der Waals surface area contributed by atoms with E-state index in [0.717, 1.165) is 11.1 Å². The third kappa shape index (κ3) is 1.77. The summed E-state index contributed by atoms with van der Waals surface area (Å²) in [5.41, 5.74) is 1.74. The van der Waals surface area contributed by atoms with Crippen molar-refractivity contribution < 1.29 is 4.92 Å². The van der Waals surface area contributed by atoms with Gasteiger partial charge in [0, 0.05) is 12.1 Å². The fourth-order valence-electron chi connectivity index (χ4n) is 0.974. The molecule has 0 amide bonds. The van der Waals surface area contributed by atoms with Gasteiger partial charge in [0.1, 0.15) is 0 Å². The lowest BCUT2D eigenvalue weighted by Gasteiger charge is -1.94. The fourth-order valence-corrected chi connectivity index (χ4v) is 0.974. The second-order valence-electron chi connectivity index (χ2n) is 2.46. The van der Waals surface area contributed by atoms with Gasteiger partial charge in [-0.2, -0.15) is 0 Å². The van der Waals surface area contributed by atoms with Crippen molar-refractivity contribution in [2.75, 3.05) is 0 Å². The number of non-ortho nitro benzene ring substituents is 1. The summed E-state index contributed by atoms with van der Waals surface area (Å²) >= 11 is 0. The first-order chi connectivity index (χ1) is 5.09. The molecule has 0 saturated heterocycles. The lowest BCUT2D eigenvalue weighted by Crippen LogP contribution is -1.89. The van der Waals surface area contributed by atoms with E-state index in [4.69, 9.17) is 0 Å². The molecule has 1 aromatic rings. The molecule has 0 fully saturated rings. The van der Waals surface area contributed by atoms with Crippen molar-refractivity contribution in [2.24, 2.45) is 0 Å². The van der Waals surface area contributed by atoms with E-state index in [0.29, 0.717) is 0 Å². The number of hydrogen-bond donors (Lipinski definition) is 0. The van der Waals surface area contributed by atoms with Crippen LogP contribution in [0.5, 0.6) is 0 Å². The molecule has 0 atom stereocenters. The molecule has 0 spiro atoms. The fraction of sp³-hybridized carbons (Fsp3) is 0.250. The van der Waals surface area contributed by atoms with Crippen LogP contribution in [0.25, 0.3) is 0 Å². The second-order valence-corrected chi connectivity index (χ2v) is 2.46. The van der Waals surface area contributed by atoms with E-state index in [1.165, 1.54) is 12.1 Å². The standard InChI is InChI=1S/C8H8NO2/c1-6-3-7(2)5-8(4-6)9(10)11/h4-5H,1-2H3. The molecule has 11 heavy (non-hydrogen) atoms. The zero-order valence-electron chi connectivity index (χ0n) is 6.42. The van der Waals surface area contributed by atoms with Gasteiger partial charge in [0.15, 0.2) is 0 Å². The maximum atomic E-state index is 10.3. The SMILES string of the molecule is Cc1[c]c(C)cc([N+](=O)[O-])c1. The maximum Gasteiger partial charge on any atom is 0.269 e. The molecule has 0 bridgehead atoms. The number of nitro benzene ring substituents is 1. The molecule has 3 heteroatoms. The van der Waals surface area contributed by atoms with Crippen LogP contribution < -0.4 is 0 Å². The van der Waals surface area contributed by atoms with E-state index in [2.05, 4.69) is 6.07 Å². The molecule has 0 unspecified atom stereocenters. The molecule has 0 aromatic heterocycles. The van der Waals surface area contributed by atoms with Gasteiger partial charge in [0.05, 0.1) is 4.92 Å². The van der Waals surface area contributed by atoms with Gasteiger partial charge in [-0.15, -0.1) is 0 Å². The van der Waals surface area contributed by atoms with Crippen LogP contribution in [0.3, 0.4) is 0 Å². The predicted molar refractivity (Wildman–Crippen MR) is 41.4 cm³/mol. The van der Waals surface area contributed by atoms with Crippen LogP contribution in [0, 0.1) is 30.0 Å². The topological polar surface area (TPSA) is 43.1 Å². The number of nitro groups is 1. The Balaban J connectivity index is 3.19. The minimum absolute atomic E-state index is 0.138. The van der Waals surface area contributed by atoms with Crippen LogP contribution in [0.15, 0.2) is 12.1 Å². The summed E-state index contributed by atoms with van der Waals surface area (Å²) in [6.07, 6.45) is 0. The average molecular weight is 150 g/mol. The summed E-state index contributed by atoms with van der Waals surface area (Å²) in [5, 5.41) is 10.3. The Morgan fingerprint density at radius 3 is 2.18 bits per heavy atom. The van der Waals surface area contributed by atoms with Gasteiger partial charge < -0.3 is 0 Å². The summed E-state index contributed by atoms with van der Waals surface area (Å²) in [4.78, 5) is 9.90. The van der Waals surface area contributed by atoms with Crippen LogP contribution in [0.1, 0.15) is 11.1 Å². The highest BCUT2D eigenvalue weighted by Gasteiger charge is 2.05. The van der Waals surface area contributed by atoms with Gasteiger partial charge in [-0.3, -0.25) is 10.1 Å². The van der Waals surface area contributed by atoms with Gasteiger partial charge >= 0.3 is 0 Å². The smallest absolute Gasteiger partial charge is 0.258 e. The molecule has 0 N–H and O–H groups in total. The van der Waals surface area contributed by atoms with Crippen LogP contribution in [0.2, 0.25) is 0 Å². The molecular weight excluding hydrogens is 142 g/mol. The monoisotopic (exact) mass is 150 g/mol. The molecular formula is C8H8NO2. The maximum absolute atomic E-state index is 10.3. The van der Waals surface area contributed by atoms with E-state index in [-0.39, 0.29) is 5.69 Å². The van der Waals surface area contributed by atoms with E-state index < -0.39 is 4.92 Å². The molecule has 1 radical (unpaired) electrons. The lowest BCUT2D eigenvalue weighted by molar-refractivity contribution is -0.385. The van der Waals surface area contributed by atoms with Crippen LogP contribution >= 0.6 is 0 Å². The highest BCUT2D eigenvalue weighted by molar-refractivity contribution is 5.37. The van der Waals surface area contributed by atoms with Crippen molar-refractivity contribution in [3.8, 4) is 0 Å². The molecule has 0 aliphatic carbocycles. The molecule has 0 saturated carbocycles. The zero-order valence-corrected chi connectivity index (χ0v) is 6.42. The van der Waals surface area contributed by atoms with E-state index in [1.807, 2.05) is 0 Å². The lowest BCUT2D eigenvalue weighted by atomic mass is 10.1. The van der Waals surface area contributed by atoms with Crippen molar-refractivity contribution in [1.82, 2.24) is 0 Å². The zero-order chi connectivity index (χ0) is 8.43. The quantitative estimate of drug-likeness (QED) is 0.454. The Hall–Kier alpha value is -1.38. The van der Waals surface area contributed by atoms with Crippen molar-refractivity contribution in [3.05, 3.63) is 39.4 Å². The van der Waals surface area contributed by atoms with E-state index in [9.17, 15) is 10.1 Å². The molecule has 1 aromatic carbocycles. The van der Waals surface area contributed by atoms with Crippen LogP contribution in [-0.2, 0) is 0 Å². The normalized spacial score (nSPS) is 9.64. The van der Waals surface area contributed by atoms with Crippen LogP contribution in [0.4, 0.5) is 5.69 Å². The van der Waals surface area contributed by atoms with Gasteiger partial charge in [-0.05, 0) is 31.0 Å². The molecule has 0 aliphatic rings. The molecule has 0 heterocycles. The summed E-state index contributed by atoms with van der Waals surface area (Å²) in [5.74, 6) is 0. The van der Waals surface area contributed by atoms with Crippen molar-refractivity contribution in [3.63, 3.8) is 0 Å². The highest BCUT2D eigenvalue weighted by Crippen LogP contribution is 2.14. The number of benzene rings is 1. The van der Waals surface area contributed by atoms with Gasteiger partial charge in [-0.25, -0.2) is 0 Å². The Kier molecular flexibility index (Phi) is 1.89. The summed E-state index contributed by atoms with van der Waals surface area (Å²) < 4.78 is 0. The van der Waals surface area contributed by atoms with Gasteiger partial charge in [0.25, 0.3) is 5.69 Å². The third-order valence-corrected chi connectivity index (χ3v) is 1.33. The minimum Gasteiger partial charge on any atom is -0.258 e. The first kappa shape index (κ1) is 7.72. The number of aryl methyl sites for hydroxylation is 2. The average Bonchev–Trinajstić information content (AvgIpc) is 1.85. The van der Waals surface area contributed by atoms with E-state index in [1.54, 1.807) is 13.8 Å². The molecule has 57 valence electrons. The summed E-state index contributed by atoms with van der Waals surface area (Å²) in [6, 6.07) is 5.97. The third-order valence-electron chi connectivity index (χ3n) is 1.33. The van der Waals surface area contributed by atoms with E-state index >= 15 is 0 Å². The number of nitrogens with zero attached hydrogens (tertiary/aromatic N) is 1. The first-order valence-corrected chi connectivity index (χ1v) is 3.24. The summed E-state index contributed by atoms with van der Waals surface area (Å²) in [7, 11) is 0. The Morgan fingerprint density at radius 2 is 1.82 bits per heavy atom. The van der Waals surface area contributed by atoms with Crippen molar-refractivity contribution >= 4 is 5.69 Å². The predicted octanol–water partition coefficient (Wildman–Crippen LogP) is 2.01. The Labute approximate surface area is 64.8 Å². The molecule has 0 aliphatic heterocycles. The highest BCUT2D eigenvalue weighted by atomic mass is 16.6. The summed E-state index contributed by atoms with van der Waals surface area (Å²) in [6.45, 7) is 3.58. The number of hydrogen-bond acceptors (Lipinski definition) is 2. The van der Waals surface area contributed by atoms with Crippen LogP contribution in [-0.4, -0.2) is 4.92 Å². The van der Waals surface area contributed by atoms with Gasteiger partial charge in [-0.1, -0.05) is 0 Å². The second kappa shape index (κ2) is 2.70. The van der Waals surface area contributed by atoms with Crippen molar-refractivity contribution in [2.45, 2.75) is 13.8 Å². The van der Waals surface area contributed by atoms with Gasteiger partial charge in [0.2, 0.25) is 0 Å². The first-order valence-electron chi connectivity index (χ1n) is 3.24. The number of rotatable bonds is 1. The molecule has 3 nitrogen and oxygen atoms in total.